The highest BCUT2D eigenvalue weighted by Gasteiger charge is 2.29. The number of thioether (sulfide) groups is 1. The molecule has 3 rings (SSSR count). The van der Waals surface area contributed by atoms with Crippen molar-refractivity contribution in [2.75, 3.05) is 11.5 Å². The van der Waals surface area contributed by atoms with E-state index in [4.69, 9.17) is 10.5 Å². The van der Waals surface area contributed by atoms with Crippen molar-refractivity contribution in [3.63, 3.8) is 0 Å². The SMILES string of the molecule is Nc1ncccc1C(O)C1CSc2ccccc2O1. The Hall–Kier alpha value is -1.72. The van der Waals surface area contributed by atoms with Crippen LogP contribution in [-0.2, 0) is 0 Å². The topological polar surface area (TPSA) is 68.4 Å². The fourth-order valence-electron chi connectivity index (χ4n) is 2.07. The molecule has 0 amide bonds. The van der Waals surface area contributed by atoms with Crippen LogP contribution in [0.1, 0.15) is 11.7 Å². The standard InChI is InChI=1S/C14H14N2O2S/c15-14-9(4-3-7-16-14)13(17)11-8-19-12-6-2-1-5-10(12)18-11/h1-7,11,13,17H,8H2,(H2,15,16). The molecule has 2 heterocycles. The monoisotopic (exact) mass is 274 g/mol. The van der Waals surface area contributed by atoms with Gasteiger partial charge in [-0.3, -0.25) is 0 Å². The van der Waals surface area contributed by atoms with Gasteiger partial charge in [-0.05, 0) is 18.2 Å². The van der Waals surface area contributed by atoms with Crippen LogP contribution in [0, 0.1) is 0 Å². The van der Waals surface area contributed by atoms with Crippen molar-refractivity contribution in [1.29, 1.82) is 0 Å². The van der Waals surface area contributed by atoms with Gasteiger partial charge in [0, 0.05) is 22.4 Å². The van der Waals surface area contributed by atoms with E-state index in [1.54, 1.807) is 30.1 Å². The van der Waals surface area contributed by atoms with E-state index < -0.39 is 6.10 Å². The van der Waals surface area contributed by atoms with Crippen molar-refractivity contribution < 1.29 is 9.84 Å². The molecule has 1 aliphatic rings. The lowest BCUT2D eigenvalue weighted by Gasteiger charge is -2.29. The first-order valence-electron chi connectivity index (χ1n) is 6.02. The molecule has 1 aliphatic heterocycles. The molecular weight excluding hydrogens is 260 g/mol. The predicted octanol–water partition coefficient (Wildman–Crippen LogP) is 2.25. The minimum atomic E-state index is -0.769. The zero-order valence-corrected chi connectivity index (χ0v) is 11.0. The average molecular weight is 274 g/mol. The van der Waals surface area contributed by atoms with E-state index in [9.17, 15) is 5.11 Å². The summed E-state index contributed by atoms with van der Waals surface area (Å²) in [6, 6.07) is 11.4. The van der Waals surface area contributed by atoms with Gasteiger partial charge in [0.2, 0.25) is 0 Å². The molecule has 4 nitrogen and oxygen atoms in total. The number of nitrogen functional groups attached to an aromatic ring is 1. The number of hydrogen-bond acceptors (Lipinski definition) is 5. The van der Waals surface area contributed by atoms with Gasteiger partial charge in [0.05, 0.1) is 0 Å². The van der Waals surface area contributed by atoms with Crippen LogP contribution in [0.25, 0.3) is 0 Å². The van der Waals surface area contributed by atoms with Gasteiger partial charge in [0.1, 0.15) is 23.8 Å². The normalized spacial score (nSPS) is 19.3. The molecule has 19 heavy (non-hydrogen) atoms. The Morgan fingerprint density at radius 3 is 3.00 bits per heavy atom. The van der Waals surface area contributed by atoms with Crippen LogP contribution in [0.5, 0.6) is 5.75 Å². The third-order valence-electron chi connectivity index (χ3n) is 3.07. The molecule has 0 spiro atoms. The van der Waals surface area contributed by atoms with E-state index in [1.165, 1.54) is 0 Å². The summed E-state index contributed by atoms with van der Waals surface area (Å²) in [5.74, 6) is 1.85. The first kappa shape index (κ1) is 12.3. The Bertz CT molecular complexity index is 591. The molecular formula is C14H14N2O2S. The number of para-hydroxylation sites is 1. The zero-order chi connectivity index (χ0) is 13.2. The molecule has 2 aromatic rings. The summed E-state index contributed by atoms with van der Waals surface area (Å²) in [7, 11) is 0. The van der Waals surface area contributed by atoms with Crippen molar-refractivity contribution in [3.05, 3.63) is 48.2 Å². The number of pyridine rings is 1. The molecule has 0 bridgehead atoms. The second-order valence-electron chi connectivity index (χ2n) is 4.34. The summed E-state index contributed by atoms with van der Waals surface area (Å²) >= 11 is 1.68. The highest BCUT2D eigenvalue weighted by Crippen LogP contribution is 2.38. The Kier molecular flexibility index (Phi) is 3.31. The zero-order valence-electron chi connectivity index (χ0n) is 10.2. The first-order valence-corrected chi connectivity index (χ1v) is 7.01. The van der Waals surface area contributed by atoms with Gasteiger partial charge in [-0.1, -0.05) is 18.2 Å². The fraction of sp³-hybridized carbons (Fsp3) is 0.214. The Labute approximate surface area is 115 Å². The van der Waals surface area contributed by atoms with Crippen molar-refractivity contribution in [2.45, 2.75) is 17.1 Å². The third-order valence-corrected chi connectivity index (χ3v) is 4.22. The molecule has 0 fully saturated rings. The van der Waals surface area contributed by atoms with Crippen LogP contribution < -0.4 is 10.5 Å². The maximum Gasteiger partial charge on any atom is 0.138 e. The maximum absolute atomic E-state index is 10.4. The number of anilines is 1. The molecule has 5 heteroatoms. The Morgan fingerprint density at radius 1 is 1.32 bits per heavy atom. The number of nitrogens with two attached hydrogens (primary N) is 1. The summed E-state index contributed by atoms with van der Waals surface area (Å²) in [6.45, 7) is 0. The Balaban J connectivity index is 1.83. The number of hydrogen-bond donors (Lipinski definition) is 2. The number of fused-ring (bicyclic) bond motifs is 1. The van der Waals surface area contributed by atoms with Gasteiger partial charge in [0.15, 0.2) is 0 Å². The molecule has 1 aromatic heterocycles. The van der Waals surface area contributed by atoms with E-state index in [-0.39, 0.29) is 6.10 Å². The molecule has 2 atom stereocenters. The van der Waals surface area contributed by atoms with Gasteiger partial charge < -0.3 is 15.6 Å². The van der Waals surface area contributed by atoms with Crippen LogP contribution in [0.4, 0.5) is 5.82 Å². The molecule has 2 unspecified atom stereocenters. The minimum Gasteiger partial charge on any atom is -0.485 e. The number of aliphatic hydroxyl groups is 1. The van der Waals surface area contributed by atoms with Gasteiger partial charge in [-0.2, -0.15) is 0 Å². The van der Waals surface area contributed by atoms with E-state index in [0.717, 1.165) is 10.6 Å². The van der Waals surface area contributed by atoms with Crippen molar-refractivity contribution >= 4 is 17.6 Å². The minimum absolute atomic E-state index is 0.314. The summed E-state index contributed by atoms with van der Waals surface area (Å²) < 4.78 is 5.85. The lowest BCUT2D eigenvalue weighted by atomic mass is 10.1. The van der Waals surface area contributed by atoms with Crippen LogP contribution in [0.2, 0.25) is 0 Å². The number of aliphatic hydroxyl groups excluding tert-OH is 1. The van der Waals surface area contributed by atoms with E-state index in [0.29, 0.717) is 17.1 Å². The lowest BCUT2D eigenvalue weighted by molar-refractivity contribution is 0.0460. The van der Waals surface area contributed by atoms with E-state index in [1.807, 2.05) is 24.3 Å². The number of benzene rings is 1. The Morgan fingerprint density at radius 2 is 2.16 bits per heavy atom. The van der Waals surface area contributed by atoms with Crippen LogP contribution in [0.15, 0.2) is 47.5 Å². The number of rotatable bonds is 2. The predicted molar refractivity (Wildman–Crippen MR) is 75.2 cm³/mol. The highest BCUT2D eigenvalue weighted by molar-refractivity contribution is 7.99. The molecule has 3 N–H and O–H groups in total. The van der Waals surface area contributed by atoms with Crippen LogP contribution >= 0.6 is 11.8 Å². The van der Waals surface area contributed by atoms with Crippen molar-refractivity contribution in [3.8, 4) is 5.75 Å². The second kappa shape index (κ2) is 5.11. The quantitative estimate of drug-likeness (QED) is 0.879. The number of aromatic nitrogens is 1. The van der Waals surface area contributed by atoms with Crippen LogP contribution in [-0.4, -0.2) is 21.9 Å². The van der Waals surface area contributed by atoms with Gasteiger partial charge in [0.25, 0.3) is 0 Å². The molecule has 0 saturated heterocycles. The largest absolute Gasteiger partial charge is 0.485 e. The van der Waals surface area contributed by atoms with Crippen molar-refractivity contribution in [2.24, 2.45) is 0 Å². The summed E-state index contributed by atoms with van der Waals surface area (Å²) in [6.07, 6.45) is 0.526. The second-order valence-corrected chi connectivity index (χ2v) is 5.40. The van der Waals surface area contributed by atoms with Crippen molar-refractivity contribution in [1.82, 2.24) is 4.98 Å². The maximum atomic E-state index is 10.4. The first-order chi connectivity index (χ1) is 9.25. The highest BCUT2D eigenvalue weighted by atomic mass is 32.2. The van der Waals surface area contributed by atoms with E-state index >= 15 is 0 Å². The molecule has 0 saturated carbocycles. The number of nitrogens with zero attached hydrogens (tertiary/aromatic N) is 1. The summed E-state index contributed by atoms with van der Waals surface area (Å²) in [4.78, 5) is 5.10. The van der Waals surface area contributed by atoms with Gasteiger partial charge in [-0.15, -0.1) is 11.8 Å². The van der Waals surface area contributed by atoms with Crippen LogP contribution in [0.3, 0.4) is 0 Å². The molecule has 98 valence electrons. The smallest absolute Gasteiger partial charge is 0.138 e. The summed E-state index contributed by atoms with van der Waals surface area (Å²) in [5.41, 5.74) is 6.41. The molecule has 1 aromatic carbocycles. The van der Waals surface area contributed by atoms with Gasteiger partial charge >= 0.3 is 0 Å². The fourth-order valence-corrected chi connectivity index (χ4v) is 3.10. The average Bonchev–Trinajstić information content (AvgIpc) is 2.46. The lowest BCUT2D eigenvalue weighted by Crippen LogP contribution is -2.30. The van der Waals surface area contributed by atoms with E-state index in [2.05, 4.69) is 4.98 Å². The molecule has 0 radical (unpaired) electrons. The third kappa shape index (κ3) is 2.39. The van der Waals surface area contributed by atoms with Gasteiger partial charge in [-0.25, -0.2) is 4.98 Å². The molecule has 0 aliphatic carbocycles. The summed E-state index contributed by atoms with van der Waals surface area (Å²) in [5, 5.41) is 10.4. The number of ether oxygens (including phenoxy) is 1.